The van der Waals surface area contributed by atoms with Crippen LogP contribution in [0.1, 0.15) is 44.7 Å². The van der Waals surface area contributed by atoms with E-state index in [4.69, 9.17) is 32.7 Å². The van der Waals surface area contributed by atoms with Gasteiger partial charge in [-0.3, -0.25) is 0 Å². The van der Waals surface area contributed by atoms with E-state index in [1.807, 2.05) is 43.8 Å². The summed E-state index contributed by atoms with van der Waals surface area (Å²) in [5.41, 5.74) is 2.17. The number of allylic oxidation sites excluding steroid dienone is 4. The number of benzene rings is 1. The van der Waals surface area contributed by atoms with Gasteiger partial charge in [-0.2, -0.15) is 5.10 Å². The molecule has 162 valence electrons. The van der Waals surface area contributed by atoms with E-state index in [-0.39, 0.29) is 11.3 Å². The molecular weight excluding hydrogens is 519 g/mol. The van der Waals surface area contributed by atoms with Gasteiger partial charge in [0, 0.05) is 20.8 Å². The Kier molecular flexibility index (Phi) is 6.41. The Labute approximate surface area is 204 Å². The molecule has 9 heteroatoms. The molecule has 2 heterocycles. The molecule has 0 fully saturated rings. The van der Waals surface area contributed by atoms with E-state index < -0.39 is 0 Å². The molecule has 0 amide bonds. The molecule has 0 N–H and O–H groups in total. The summed E-state index contributed by atoms with van der Waals surface area (Å²) in [6.07, 6.45) is 9.23. The molecule has 2 aromatic heterocycles. The van der Waals surface area contributed by atoms with Crippen molar-refractivity contribution in [1.82, 2.24) is 20.0 Å². The molecule has 1 atom stereocenters. The van der Waals surface area contributed by atoms with Gasteiger partial charge in [0.05, 0.1) is 21.3 Å². The highest BCUT2D eigenvalue weighted by atomic mass is 79.9. The summed E-state index contributed by atoms with van der Waals surface area (Å²) in [6, 6.07) is 5.41. The SMILES string of the molecule is CSc1c(-c2nnc(C(C)(C)C)o2)nn(-c2ccc(Cl)cc2Cl)c1C1C=CC(Br)=CC1. The fourth-order valence-corrected chi connectivity index (χ4v) is 4.94. The second-order valence-electron chi connectivity index (χ2n) is 8.23. The molecule has 3 aromatic rings. The molecule has 0 saturated heterocycles. The van der Waals surface area contributed by atoms with E-state index in [1.54, 1.807) is 17.8 Å². The zero-order valence-electron chi connectivity index (χ0n) is 17.5. The van der Waals surface area contributed by atoms with Crippen molar-refractivity contribution in [2.24, 2.45) is 0 Å². The summed E-state index contributed by atoms with van der Waals surface area (Å²) in [7, 11) is 0. The third-order valence-corrected chi connectivity index (χ3v) is 6.83. The van der Waals surface area contributed by atoms with Crippen LogP contribution in [0.4, 0.5) is 0 Å². The smallest absolute Gasteiger partial charge is 0.269 e. The largest absolute Gasteiger partial charge is 0.419 e. The predicted molar refractivity (Wildman–Crippen MR) is 131 cm³/mol. The Bertz CT molecular complexity index is 1190. The standard InChI is InChI=1S/C22H21BrCl2N4OS/c1-22(2,3)21-27-26-20(30-21)17-19(31-4)18(12-5-7-13(23)8-6-12)29(28-17)16-10-9-14(24)11-15(16)25/h5,7-12H,6H2,1-4H3. The lowest BCUT2D eigenvalue weighted by Crippen LogP contribution is -2.11. The van der Waals surface area contributed by atoms with Gasteiger partial charge in [0.1, 0.15) is 0 Å². The van der Waals surface area contributed by atoms with Crippen LogP contribution in [0.25, 0.3) is 17.3 Å². The highest BCUT2D eigenvalue weighted by molar-refractivity contribution is 9.11. The molecule has 1 aliphatic rings. The van der Waals surface area contributed by atoms with E-state index in [1.165, 1.54) is 0 Å². The lowest BCUT2D eigenvalue weighted by molar-refractivity contribution is 0.398. The number of halogens is 3. The van der Waals surface area contributed by atoms with Crippen molar-refractivity contribution in [2.45, 2.75) is 43.4 Å². The number of aromatic nitrogens is 4. The first-order valence-electron chi connectivity index (χ1n) is 9.69. The number of hydrogen-bond acceptors (Lipinski definition) is 5. The molecule has 0 saturated carbocycles. The minimum atomic E-state index is -0.251. The van der Waals surface area contributed by atoms with Gasteiger partial charge < -0.3 is 4.42 Å². The fourth-order valence-electron chi connectivity index (χ4n) is 3.34. The van der Waals surface area contributed by atoms with Crippen molar-refractivity contribution < 1.29 is 4.42 Å². The maximum absolute atomic E-state index is 6.57. The molecule has 0 radical (unpaired) electrons. The van der Waals surface area contributed by atoms with E-state index in [9.17, 15) is 0 Å². The number of thioether (sulfide) groups is 1. The van der Waals surface area contributed by atoms with Crippen molar-refractivity contribution in [1.29, 1.82) is 0 Å². The molecule has 1 aliphatic carbocycles. The Balaban J connectivity index is 1.93. The highest BCUT2D eigenvalue weighted by Crippen LogP contribution is 2.42. The van der Waals surface area contributed by atoms with Gasteiger partial charge in [0.15, 0.2) is 5.69 Å². The van der Waals surface area contributed by atoms with Crippen LogP contribution in [-0.2, 0) is 5.41 Å². The quantitative estimate of drug-likeness (QED) is 0.320. The molecule has 4 rings (SSSR count). The monoisotopic (exact) mass is 538 g/mol. The topological polar surface area (TPSA) is 56.7 Å². The Morgan fingerprint density at radius 2 is 2.00 bits per heavy atom. The van der Waals surface area contributed by atoms with E-state index in [2.05, 4.69) is 44.4 Å². The summed E-state index contributed by atoms with van der Waals surface area (Å²) in [5.74, 6) is 1.08. The van der Waals surface area contributed by atoms with Crippen LogP contribution in [0.5, 0.6) is 0 Å². The van der Waals surface area contributed by atoms with Crippen molar-refractivity contribution in [3.05, 3.63) is 62.5 Å². The Hall–Kier alpha value is -1.54. The average molecular weight is 540 g/mol. The first-order valence-corrected chi connectivity index (χ1v) is 12.5. The van der Waals surface area contributed by atoms with Gasteiger partial charge >= 0.3 is 0 Å². The van der Waals surface area contributed by atoms with Gasteiger partial charge in [-0.1, -0.05) is 78.1 Å². The third-order valence-electron chi connectivity index (χ3n) is 4.89. The maximum Gasteiger partial charge on any atom is 0.269 e. The van der Waals surface area contributed by atoms with Gasteiger partial charge in [-0.15, -0.1) is 22.0 Å². The van der Waals surface area contributed by atoms with Gasteiger partial charge in [0.2, 0.25) is 5.89 Å². The Morgan fingerprint density at radius 1 is 1.23 bits per heavy atom. The van der Waals surface area contributed by atoms with Crippen molar-refractivity contribution >= 4 is 50.9 Å². The molecule has 5 nitrogen and oxygen atoms in total. The zero-order valence-corrected chi connectivity index (χ0v) is 21.4. The number of hydrogen-bond donors (Lipinski definition) is 0. The minimum Gasteiger partial charge on any atom is -0.419 e. The minimum absolute atomic E-state index is 0.113. The summed E-state index contributed by atoms with van der Waals surface area (Å²) in [4.78, 5) is 0.983. The number of rotatable bonds is 4. The van der Waals surface area contributed by atoms with Crippen LogP contribution < -0.4 is 0 Å². The summed E-state index contributed by atoms with van der Waals surface area (Å²) in [6.45, 7) is 6.11. The molecule has 1 aromatic carbocycles. The molecule has 0 aliphatic heterocycles. The van der Waals surface area contributed by atoms with Gasteiger partial charge in [-0.25, -0.2) is 4.68 Å². The second-order valence-corrected chi connectivity index (χ2v) is 10.8. The first kappa shape index (κ1) is 22.6. The maximum atomic E-state index is 6.57. The van der Waals surface area contributed by atoms with E-state index in [0.29, 0.717) is 27.5 Å². The molecule has 31 heavy (non-hydrogen) atoms. The molecule has 0 spiro atoms. The van der Waals surface area contributed by atoms with Gasteiger partial charge in [0.25, 0.3) is 5.89 Å². The zero-order chi connectivity index (χ0) is 22.3. The van der Waals surface area contributed by atoms with Crippen LogP contribution in [0.15, 0.2) is 50.2 Å². The Morgan fingerprint density at radius 3 is 2.58 bits per heavy atom. The van der Waals surface area contributed by atoms with Crippen molar-refractivity contribution in [2.75, 3.05) is 6.26 Å². The average Bonchev–Trinajstić information content (AvgIpc) is 3.33. The van der Waals surface area contributed by atoms with E-state index >= 15 is 0 Å². The first-order chi connectivity index (χ1) is 14.7. The van der Waals surface area contributed by atoms with Crippen LogP contribution in [0, 0.1) is 0 Å². The van der Waals surface area contributed by atoms with E-state index in [0.717, 1.165) is 27.2 Å². The van der Waals surface area contributed by atoms with Crippen molar-refractivity contribution in [3.8, 4) is 17.3 Å². The van der Waals surface area contributed by atoms with Crippen LogP contribution in [0.2, 0.25) is 10.0 Å². The predicted octanol–water partition coefficient (Wildman–Crippen LogP) is 7.57. The summed E-state index contributed by atoms with van der Waals surface area (Å²) < 4.78 is 8.98. The van der Waals surface area contributed by atoms with Crippen LogP contribution in [-0.4, -0.2) is 26.2 Å². The lowest BCUT2D eigenvalue weighted by Gasteiger charge is -2.18. The summed E-state index contributed by atoms with van der Waals surface area (Å²) in [5, 5.41) is 14.6. The third kappa shape index (κ3) is 4.51. The lowest BCUT2D eigenvalue weighted by atomic mass is 9.96. The van der Waals surface area contributed by atoms with Gasteiger partial charge in [-0.05, 0) is 30.9 Å². The molecule has 0 bridgehead atoms. The fraction of sp³-hybridized carbons (Fsp3) is 0.318. The molecular formula is C22H21BrCl2N4OS. The number of nitrogens with zero attached hydrogens (tertiary/aromatic N) is 4. The van der Waals surface area contributed by atoms with Crippen LogP contribution in [0.3, 0.4) is 0 Å². The second kappa shape index (κ2) is 8.77. The normalized spacial score (nSPS) is 16.6. The van der Waals surface area contributed by atoms with Crippen molar-refractivity contribution in [3.63, 3.8) is 0 Å². The summed E-state index contributed by atoms with van der Waals surface area (Å²) >= 11 is 17.9. The molecule has 1 unspecified atom stereocenters. The van der Waals surface area contributed by atoms with Crippen LogP contribution >= 0.6 is 50.9 Å². The highest BCUT2D eigenvalue weighted by Gasteiger charge is 2.30.